The van der Waals surface area contributed by atoms with Gasteiger partial charge in [0, 0.05) is 3.57 Å². The summed E-state index contributed by atoms with van der Waals surface area (Å²) in [5.41, 5.74) is 0.618. The van der Waals surface area contributed by atoms with Crippen molar-refractivity contribution in [3.8, 4) is 0 Å². The molecular weight excluding hydrogens is 351 g/mol. The largest absolute Gasteiger partial charge is 0.465 e. The van der Waals surface area contributed by atoms with Crippen LogP contribution in [0.15, 0.2) is 48.5 Å². The Balaban J connectivity index is 2.41. The van der Waals surface area contributed by atoms with Gasteiger partial charge in [0.1, 0.15) is 0 Å². The molecule has 94 valence electrons. The Labute approximate surface area is 124 Å². The van der Waals surface area contributed by atoms with Gasteiger partial charge in [-0.1, -0.05) is 36.4 Å². The molecule has 0 spiro atoms. The number of hydrogen-bond donors (Lipinski definition) is 0. The zero-order chi connectivity index (χ0) is 13.4. The Morgan fingerprint density at radius 1 is 1.00 bits per heavy atom. The van der Waals surface area contributed by atoms with Gasteiger partial charge in [-0.25, -0.2) is 4.79 Å². The van der Waals surface area contributed by atoms with Crippen molar-refractivity contribution in [3.63, 3.8) is 0 Å². The predicted molar refractivity (Wildman–Crippen MR) is 85.5 cm³/mol. The number of hydrogen-bond acceptors (Lipinski definition) is 2. The topological polar surface area (TPSA) is 26.3 Å². The van der Waals surface area contributed by atoms with Gasteiger partial charge in [0.2, 0.25) is 0 Å². The summed E-state index contributed by atoms with van der Waals surface area (Å²) >= 11 is 2.17. The van der Waals surface area contributed by atoms with Gasteiger partial charge in [-0.15, -0.1) is 0 Å². The molecule has 2 nitrogen and oxygen atoms in total. The molecule has 3 aromatic carbocycles. The van der Waals surface area contributed by atoms with Gasteiger partial charge in [-0.05, 0) is 56.3 Å². The van der Waals surface area contributed by atoms with E-state index in [0.717, 1.165) is 19.7 Å². The van der Waals surface area contributed by atoms with Crippen LogP contribution < -0.4 is 0 Å². The standard InChI is InChI=1S/C16H11IO2/c1-19-16(18)14-9-13-11(8-15(14)17)7-6-10-4-2-3-5-12(10)13/h2-9H,1H3. The first kappa shape index (κ1) is 12.4. The fraction of sp³-hybridized carbons (Fsp3) is 0.0625. The van der Waals surface area contributed by atoms with Crippen LogP contribution in [0.5, 0.6) is 0 Å². The molecule has 0 heterocycles. The van der Waals surface area contributed by atoms with Gasteiger partial charge in [0.15, 0.2) is 0 Å². The number of carbonyl (C=O) groups excluding carboxylic acids is 1. The first-order valence-electron chi connectivity index (χ1n) is 5.90. The number of benzene rings is 3. The Kier molecular flexibility index (Phi) is 3.14. The van der Waals surface area contributed by atoms with Crippen molar-refractivity contribution in [1.82, 2.24) is 0 Å². The third-order valence-electron chi connectivity index (χ3n) is 3.24. The van der Waals surface area contributed by atoms with Crippen molar-refractivity contribution in [2.45, 2.75) is 0 Å². The molecule has 0 aliphatic carbocycles. The number of halogens is 1. The molecule has 0 radical (unpaired) electrons. The molecule has 3 rings (SSSR count). The lowest BCUT2D eigenvalue weighted by Gasteiger charge is -2.08. The molecule has 3 aromatic rings. The van der Waals surface area contributed by atoms with Crippen LogP contribution in [-0.4, -0.2) is 13.1 Å². The number of carbonyl (C=O) groups is 1. The van der Waals surface area contributed by atoms with Crippen LogP contribution in [0.2, 0.25) is 0 Å². The molecule has 19 heavy (non-hydrogen) atoms. The van der Waals surface area contributed by atoms with Gasteiger partial charge in [-0.3, -0.25) is 0 Å². The molecule has 0 saturated heterocycles. The van der Waals surface area contributed by atoms with Crippen LogP contribution in [0.25, 0.3) is 21.5 Å². The van der Waals surface area contributed by atoms with E-state index in [-0.39, 0.29) is 5.97 Å². The normalized spacial score (nSPS) is 10.8. The first-order chi connectivity index (χ1) is 9.20. The monoisotopic (exact) mass is 362 g/mol. The van der Waals surface area contributed by atoms with E-state index < -0.39 is 0 Å². The van der Waals surface area contributed by atoms with Gasteiger partial charge in [0.05, 0.1) is 12.7 Å². The van der Waals surface area contributed by atoms with Crippen molar-refractivity contribution < 1.29 is 9.53 Å². The lowest BCUT2D eigenvalue weighted by atomic mass is 10.00. The zero-order valence-corrected chi connectivity index (χ0v) is 12.5. The second-order valence-electron chi connectivity index (χ2n) is 4.33. The fourth-order valence-corrected chi connectivity index (χ4v) is 3.00. The lowest BCUT2D eigenvalue weighted by Crippen LogP contribution is -2.03. The van der Waals surface area contributed by atoms with Crippen molar-refractivity contribution in [3.05, 3.63) is 57.7 Å². The summed E-state index contributed by atoms with van der Waals surface area (Å²) in [7, 11) is 1.41. The van der Waals surface area contributed by atoms with Gasteiger partial charge < -0.3 is 4.74 Å². The fourth-order valence-electron chi connectivity index (χ4n) is 2.29. The second-order valence-corrected chi connectivity index (χ2v) is 5.49. The van der Waals surface area contributed by atoms with Crippen LogP contribution in [0.3, 0.4) is 0 Å². The zero-order valence-electron chi connectivity index (χ0n) is 10.3. The lowest BCUT2D eigenvalue weighted by molar-refractivity contribution is 0.0599. The highest BCUT2D eigenvalue weighted by Crippen LogP contribution is 2.29. The van der Waals surface area contributed by atoms with Crippen LogP contribution in [0.1, 0.15) is 10.4 Å². The molecule has 0 unspecified atom stereocenters. The van der Waals surface area contributed by atoms with Crippen LogP contribution >= 0.6 is 22.6 Å². The molecule has 0 saturated carbocycles. The minimum atomic E-state index is -0.292. The van der Waals surface area contributed by atoms with E-state index in [1.807, 2.05) is 24.3 Å². The van der Waals surface area contributed by atoms with E-state index in [1.165, 1.54) is 12.5 Å². The minimum Gasteiger partial charge on any atom is -0.465 e. The van der Waals surface area contributed by atoms with E-state index in [2.05, 4.69) is 46.9 Å². The Bertz CT molecular complexity index is 793. The van der Waals surface area contributed by atoms with Crippen molar-refractivity contribution >= 4 is 50.1 Å². The smallest absolute Gasteiger partial charge is 0.338 e. The van der Waals surface area contributed by atoms with Crippen molar-refractivity contribution in [2.24, 2.45) is 0 Å². The van der Waals surface area contributed by atoms with Crippen molar-refractivity contribution in [2.75, 3.05) is 7.11 Å². The highest BCUT2D eigenvalue weighted by molar-refractivity contribution is 14.1. The minimum absolute atomic E-state index is 0.292. The molecule has 0 fully saturated rings. The molecule has 0 amide bonds. The maximum atomic E-state index is 11.8. The summed E-state index contributed by atoms with van der Waals surface area (Å²) in [6, 6.07) is 16.3. The average Bonchev–Trinajstić information content (AvgIpc) is 2.45. The van der Waals surface area contributed by atoms with Crippen LogP contribution in [0, 0.1) is 3.57 Å². The summed E-state index contributed by atoms with van der Waals surface area (Å²) in [5, 5.41) is 4.54. The molecular formula is C16H11IO2. The summed E-state index contributed by atoms with van der Waals surface area (Å²) in [5.74, 6) is -0.292. The summed E-state index contributed by atoms with van der Waals surface area (Å²) < 4.78 is 5.74. The van der Waals surface area contributed by atoms with E-state index in [4.69, 9.17) is 4.74 Å². The third-order valence-corrected chi connectivity index (χ3v) is 4.13. The highest BCUT2D eigenvalue weighted by atomic mass is 127. The number of esters is 1. The molecule has 3 heteroatoms. The van der Waals surface area contributed by atoms with E-state index in [1.54, 1.807) is 0 Å². The molecule has 0 aliphatic rings. The summed E-state index contributed by atoms with van der Waals surface area (Å²) in [6.07, 6.45) is 0. The molecule has 0 aromatic heterocycles. The molecule has 0 bridgehead atoms. The van der Waals surface area contributed by atoms with E-state index >= 15 is 0 Å². The number of rotatable bonds is 1. The second kappa shape index (κ2) is 4.81. The predicted octanol–water partition coefficient (Wildman–Crippen LogP) is 4.38. The van der Waals surface area contributed by atoms with E-state index in [0.29, 0.717) is 5.56 Å². The van der Waals surface area contributed by atoms with Crippen molar-refractivity contribution in [1.29, 1.82) is 0 Å². The Hall–Kier alpha value is -1.62. The summed E-state index contributed by atoms with van der Waals surface area (Å²) in [4.78, 5) is 11.8. The Morgan fingerprint density at radius 2 is 1.74 bits per heavy atom. The molecule has 0 atom stereocenters. The van der Waals surface area contributed by atoms with Crippen LogP contribution in [0.4, 0.5) is 0 Å². The SMILES string of the molecule is COC(=O)c1cc2c(ccc3ccccc32)cc1I. The quantitative estimate of drug-likeness (QED) is 0.365. The maximum absolute atomic E-state index is 11.8. The highest BCUT2D eigenvalue weighted by Gasteiger charge is 2.12. The van der Waals surface area contributed by atoms with Gasteiger partial charge in [-0.2, -0.15) is 0 Å². The average molecular weight is 362 g/mol. The van der Waals surface area contributed by atoms with Gasteiger partial charge >= 0.3 is 5.97 Å². The summed E-state index contributed by atoms with van der Waals surface area (Å²) in [6.45, 7) is 0. The third kappa shape index (κ3) is 2.08. The first-order valence-corrected chi connectivity index (χ1v) is 6.98. The Morgan fingerprint density at radius 3 is 2.53 bits per heavy atom. The van der Waals surface area contributed by atoms with Crippen LogP contribution in [-0.2, 0) is 4.74 Å². The maximum Gasteiger partial charge on any atom is 0.338 e. The number of methoxy groups -OCH3 is 1. The van der Waals surface area contributed by atoms with Gasteiger partial charge in [0.25, 0.3) is 0 Å². The number of fused-ring (bicyclic) bond motifs is 3. The van der Waals surface area contributed by atoms with E-state index in [9.17, 15) is 4.79 Å². The molecule has 0 aliphatic heterocycles. The molecule has 0 N–H and O–H groups in total. The number of ether oxygens (including phenoxy) is 1.